The maximum Gasteiger partial charge on any atom is 0.286 e. The monoisotopic (exact) mass is 196 g/mol. The first-order chi connectivity index (χ1) is 6.58. The molecule has 0 radical (unpaired) electrons. The lowest BCUT2D eigenvalue weighted by Crippen LogP contribution is -2.49. The zero-order chi connectivity index (χ0) is 10.6. The van der Waals surface area contributed by atoms with Crippen LogP contribution in [-0.2, 0) is 0 Å². The van der Waals surface area contributed by atoms with Gasteiger partial charge in [-0.05, 0) is 32.7 Å². The zero-order valence-corrected chi connectivity index (χ0v) is 10.1. The van der Waals surface area contributed by atoms with Gasteiger partial charge in [0.2, 0.25) is 0 Å². The van der Waals surface area contributed by atoms with E-state index in [1.54, 1.807) is 0 Å². The highest BCUT2D eigenvalue weighted by molar-refractivity contribution is 6.27. The molecule has 1 aliphatic rings. The zero-order valence-electron chi connectivity index (χ0n) is 10.1. The molecule has 2 nitrogen and oxygen atoms in total. The summed E-state index contributed by atoms with van der Waals surface area (Å²) in [5.74, 6) is 0.933. The van der Waals surface area contributed by atoms with Crippen molar-refractivity contribution in [1.82, 2.24) is 4.81 Å². The Morgan fingerprint density at radius 1 is 1.29 bits per heavy atom. The van der Waals surface area contributed by atoms with Crippen LogP contribution in [-0.4, -0.2) is 24.9 Å². The molecule has 0 aromatic rings. The van der Waals surface area contributed by atoms with Crippen LogP contribution < -0.4 is 5.64 Å². The second-order valence-electron chi connectivity index (χ2n) is 5.27. The molecule has 1 saturated carbocycles. The average Bonchev–Trinajstić information content (AvgIpc) is 2.14. The molecule has 0 amide bonds. The Kier molecular flexibility index (Phi) is 4.46. The molecule has 0 saturated heterocycles. The molecule has 14 heavy (non-hydrogen) atoms. The summed E-state index contributed by atoms with van der Waals surface area (Å²) >= 11 is 0. The molecule has 0 spiro atoms. The Balaban J connectivity index is 2.52. The van der Waals surface area contributed by atoms with Gasteiger partial charge in [0.05, 0.1) is 0 Å². The van der Waals surface area contributed by atoms with Gasteiger partial charge >= 0.3 is 0 Å². The van der Waals surface area contributed by atoms with E-state index in [1.165, 1.54) is 38.5 Å². The van der Waals surface area contributed by atoms with Gasteiger partial charge in [-0.2, -0.15) is 0 Å². The van der Waals surface area contributed by atoms with Crippen LogP contribution in [0.25, 0.3) is 0 Å². The van der Waals surface area contributed by atoms with Gasteiger partial charge in [-0.3, -0.25) is 0 Å². The van der Waals surface area contributed by atoms with Gasteiger partial charge in [-0.25, -0.2) is 0 Å². The second-order valence-corrected chi connectivity index (χ2v) is 5.27. The van der Waals surface area contributed by atoms with Gasteiger partial charge in [0.1, 0.15) is 0 Å². The van der Waals surface area contributed by atoms with Crippen LogP contribution in [0, 0.1) is 5.92 Å². The number of nitrogens with two attached hydrogens (primary N) is 1. The van der Waals surface area contributed by atoms with Crippen molar-refractivity contribution < 1.29 is 0 Å². The van der Waals surface area contributed by atoms with Crippen molar-refractivity contribution in [2.24, 2.45) is 11.6 Å². The van der Waals surface area contributed by atoms with Gasteiger partial charge in [0.15, 0.2) is 0 Å². The van der Waals surface area contributed by atoms with E-state index in [-0.39, 0.29) is 0 Å². The predicted molar refractivity (Wildman–Crippen MR) is 64.4 cm³/mol. The summed E-state index contributed by atoms with van der Waals surface area (Å²) in [5.41, 5.74) is 6.09. The molecule has 1 aliphatic carbocycles. The molecule has 0 aromatic carbocycles. The Bertz CT molecular complexity index is 163. The third-order valence-corrected chi connectivity index (χ3v) is 4.02. The average molecular weight is 196 g/mol. The summed E-state index contributed by atoms with van der Waals surface area (Å²) in [6, 6.07) is 0. The van der Waals surface area contributed by atoms with E-state index in [0.717, 1.165) is 5.92 Å². The van der Waals surface area contributed by atoms with Crippen molar-refractivity contribution in [1.29, 1.82) is 0 Å². The van der Waals surface area contributed by atoms with E-state index < -0.39 is 0 Å². The summed E-state index contributed by atoms with van der Waals surface area (Å²) < 4.78 is 0. The quantitative estimate of drug-likeness (QED) is 0.683. The number of nitrogens with zero attached hydrogens (tertiary/aromatic N) is 1. The summed E-state index contributed by atoms with van der Waals surface area (Å²) in [4.78, 5) is 2.32. The number of hydrogen-bond acceptors (Lipinski definition) is 2. The Morgan fingerprint density at radius 3 is 2.21 bits per heavy atom. The largest absolute Gasteiger partial charge is 0.359 e. The van der Waals surface area contributed by atoms with E-state index in [9.17, 15) is 0 Å². The normalized spacial score (nSPS) is 35.1. The van der Waals surface area contributed by atoms with Crippen LogP contribution in [0.2, 0.25) is 0 Å². The lowest BCUT2D eigenvalue weighted by atomic mass is 9.79. The highest BCUT2D eigenvalue weighted by Crippen LogP contribution is 2.31. The summed E-state index contributed by atoms with van der Waals surface area (Å²) in [6.07, 6.45) is 8.14. The van der Waals surface area contributed by atoms with Crippen molar-refractivity contribution in [3.8, 4) is 0 Å². The highest BCUT2D eigenvalue weighted by atomic mass is 15.1. The Hall–Kier alpha value is -0.0151. The summed E-state index contributed by atoms with van der Waals surface area (Å²) in [6.45, 7) is 4.76. The van der Waals surface area contributed by atoms with Gasteiger partial charge < -0.3 is 10.5 Å². The maximum atomic E-state index is 5.73. The first kappa shape index (κ1) is 12.1. The number of hydrogen-bond donors (Lipinski definition) is 1. The van der Waals surface area contributed by atoms with Crippen LogP contribution >= 0.6 is 0 Å². The Labute approximate surface area is 89.5 Å². The van der Waals surface area contributed by atoms with E-state index in [4.69, 9.17) is 5.64 Å². The molecule has 0 aliphatic heterocycles. The fourth-order valence-corrected chi connectivity index (χ4v) is 2.53. The molecular formula is C11H25BN2. The van der Waals surface area contributed by atoms with Gasteiger partial charge in [-0.1, -0.05) is 32.6 Å². The third-order valence-electron chi connectivity index (χ3n) is 4.02. The molecule has 82 valence electrons. The lowest BCUT2D eigenvalue weighted by Gasteiger charge is -2.40. The molecule has 3 heteroatoms. The molecule has 0 atom stereocenters. The molecule has 0 bridgehead atoms. The lowest BCUT2D eigenvalue weighted by molar-refractivity contribution is 0.177. The first-order valence-electron chi connectivity index (χ1n) is 6.00. The number of rotatable bonds is 2. The maximum absolute atomic E-state index is 5.73. The topological polar surface area (TPSA) is 29.3 Å². The van der Waals surface area contributed by atoms with E-state index in [1.807, 2.05) is 0 Å². The van der Waals surface area contributed by atoms with Crippen molar-refractivity contribution in [2.45, 2.75) is 57.9 Å². The minimum absolute atomic E-state index is 0.356. The van der Waals surface area contributed by atoms with Gasteiger partial charge in [-0.15, -0.1) is 0 Å². The van der Waals surface area contributed by atoms with Gasteiger partial charge in [0.25, 0.3) is 7.55 Å². The first-order valence-corrected chi connectivity index (χ1v) is 6.00. The van der Waals surface area contributed by atoms with Crippen LogP contribution in [0.15, 0.2) is 0 Å². The molecule has 0 aromatic heterocycles. The van der Waals surface area contributed by atoms with Crippen LogP contribution in [0.3, 0.4) is 0 Å². The standard InChI is InChI=1S/C11H25BN2/c1-10-6-4-8-11(2,9-5-7-10)14(3)12-13/h10,12H,4-9,13H2,1-3H3. The molecule has 0 unspecified atom stereocenters. The van der Waals surface area contributed by atoms with Crippen molar-refractivity contribution >= 4 is 7.55 Å². The SMILES string of the molecule is CC1CCCC(C)(N(C)BN)CCC1. The smallest absolute Gasteiger partial charge is 0.286 e. The minimum Gasteiger partial charge on any atom is -0.359 e. The predicted octanol–water partition coefficient (Wildman–Crippen LogP) is 1.89. The molecule has 0 heterocycles. The second kappa shape index (κ2) is 5.17. The highest BCUT2D eigenvalue weighted by Gasteiger charge is 2.29. The fourth-order valence-electron chi connectivity index (χ4n) is 2.53. The summed E-state index contributed by atoms with van der Waals surface area (Å²) in [7, 11) is 2.84. The van der Waals surface area contributed by atoms with Crippen molar-refractivity contribution in [2.75, 3.05) is 7.05 Å². The molecular weight excluding hydrogens is 171 g/mol. The van der Waals surface area contributed by atoms with E-state index in [0.29, 0.717) is 13.1 Å². The van der Waals surface area contributed by atoms with E-state index in [2.05, 4.69) is 25.7 Å². The Morgan fingerprint density at radius 2 is 1.79 bits per heavy atom. The third kappa shape index (κ3) is 2.99. The molecule has 1 rings (SSSR count). The molecule has 2 N–H and O–H groups in total. The fraction of sp³-hybridized carbons (Fsp3) is 1.00. The van der Waals surface area contributed by atoms with Crippen LogP contribution in [0.4, 0.5) is 0 Å². The summed E-state index contributed by atoms with van der Waals surface area (Å²) in [5, 5.41) is 0. The molecule has 1 fully saturated rings. The van der Waals surface area contributed by atoms with E-state index >= 15 is 0 Å². The van der Waals surface area contributed by atoms with Crippen LogP contribution in [0.5, 0.6) is 0 Å². The van der Waals surface area contributed by atoms with Gasteiger partial charge in [0, 0.05) is 5.54 Å². The van der Waals surface area contributed by atoms with Crippen LogP contribution in [0.1, 0.15) is 52.4 Å². The van der Waals surface area contributed by atoms with Crippen molar-refractivity contribution in [3.05, 3.63) is 0 Å². The van der Waals surface area contributed by atoms with Crippen molar-refractivity contribution in [3.63, 3.8) is 0 Å². The minimum atomic E-state index is 0.356.